The Kier molecular flexibility index (Phi) is 5.91. The van der Waals surface area contributed by atoms with E-state index in [4.69, 9.17) is 0 Å². The van der Waals surface area contributed by atoms with Crippen LogP contribution in [0.25, 0.3) is 10.7 Å². The first-order valence-corrected chi connectivity index (χ1v) is 9.64. The van der Waals surface area contributed by atoms with Crippen LogP contribution >= 0.6 is 11.3 Å². The Bertz CT molecular complexity index is 658. The Balaban J connectivity index is 1.54. The van der Waals surface area contributed by atoms with Crippen molar-refractivity contribution in [2.24, 2.45) is 5.92 Å². The number of rotatable bonds is 7. The molecule has 128 valence electrons. The summed E-state index contributed by atoms with van der Waals surface area (Å²) < 4.78 is 0. The minimum absolute atomic E-state index is 0.0828. The van der Waals surface area contributed by atoms with Crippen LogP contribution in [0.3, 0.4) is 0 Å². The van der Waals surface area contributed by atoms with Crippen molar-refractivity contribution in [2.75, 3.05) is 0 Å². The van der Waals surface area contributed by atoms with Gasteiger partial charge in [0.2, 0.25) is 5.91 Å². The lowest BCUT2D eigenvalue weighted by Gasteiger charge is -2.20. The fourth-order valence-corrected chi connectivity index (χ4v) is 4.16. The number of carbonyl (C=O) groups excluding carboxylic acids is 1. The Morgan fingerprint density at radius 3 is 3.08 bits per heavy atom. The van der Waals surface area contributed by atoms with E-state index < -0.39 is 0 Å². The molecular weight excluding hydrogens is 320 g/mol. The van der Waals surface area contributed by atoms with Gasteiger partial charge in [-0.1, -0.05) is 26.2 Å². The van der Waals surface area contributed by atoms with Crippen molar-refractivity contribution in [3.8, 4) is 10.7 Å². The molecule has 24 heavy (non-hydrogen) atoms. The molecule has 2 aromatic rings. The van der Waals surface area contributed by atoms with Gasteiger partial charge in [0.05, 0.1) is 18.3 Å². The van der Waals surface area contributed by atoms with E-state index in [9.17, 15) is 4.79 Å². The second-order valence-corrected chi connectivity index (χ2v) is 7.28. The smallest absolute Gasteiger partial charge is 0.226 e. The van der Waals surface area contributed by atoms with Gasteiger partial charge in [-0.2, -0.15) is 0 Å². The van der Waals surface area contributed by atoms with E-state index in [2.05, 4.69) is 27.2 Å². The van der Waals surface area contributed by atoms with E-state index >= 15 is 0 Å². The van der Waals surface area contributed by atoms with Crippen LogP contribution in [0, 0.1) is 5.92 Å². The number of nitrogens with zero attached hydrogens (tertiary/aromatic N) is 3. The van der Waals surface area contributed by atoms with Crippen molar-refractivity contribution in [3.05, 3.63) is 29.7 Å². The van der Waals surface area contributed by atoms with Crippen LogP contribution in [-0.4, -0.2) is 26.9 Å². The number of aromatic nitrogens is 3. The molecule has 1 aliphatic carbocycles. The summed E-state index contributed by atoms with van der Waals surface area (Å²) in [5.41, 5.74) is 1.56. The SMILES string of the molecule is CCCC[C@@H]1CCC[C@H]1NC(=O)Cc1csc(-c2cnccn2)n1. The summed E-state index contributed by atoms with van der Waals surface area (Å²) in [7, 11) is 0. The van der Waals surface area contributed by atoms with E-state index in [0.29, 0.717) is 18.4 Å². The lowest BCUT2D eigenvalue weighted by atomic mass is 9.96. The molecule has 2 aromatic heterocycles. The summed E-state index contributed by atoms with van der Waals surface area (Å²) in [4.78, 5) is 25.2. The Labute approximate surface area is 147 Å². The molecule has 0 unspecified atom stereocenters. The zero-order chi connectivity index (χ0) is 16.8. The number of thiazole rings is 1. The third kappa shape index (κ3) is 4.38. The number of unbranched alkanes of at least 4 members (excludes halogenated alkanes) is 1. The van der Waals surface area contributed by atoms with Crippen LogP contribution < -0.4 is 5.32 Å². The highest BCUT2D eigenvalue weighted by molar-refractivity contribution is 7.13. The molecule has 6 heteroatoms. The van der Waals surface area contributed by atoms with Gasteiger partial charge in [-0.15, -0.1) is 11.3 Å². The molecule has 1 N–H and O–H groups in total. The normalized spacial score (nSPS) is 20.2. The first-order valence-electron chi connectivity index (χ1n) is 8.76. The quantitative estimate of drug-likeness (QED) is 0.833. The monoisotopic (exact) mass is 344 g/mol. The fourth-order valence-electron chi connectivity index (χ4n) is 3.38. The summed E-state index contributed by atoms with van der Waals surface area (Å²) in [6.07, 6.45) is 12.6. The van der Waals surface area contributed by atoms with Gasteiger partial charge in [-0.25, -0.2) is 4.98 Å². The third-order valence-corrected chi connectivity index (χ3v) is 5.52. The molecular formula is C18H24N4OS. The number of hydrogen-bond donors (Lipinski definition) is 1. The van der Waals surface area contributed by atoms with E-state index in [0.717, 1.165) is 22.8 Å². The maximum atomic E-state index is 12.4. The summed E-state index contributed by atoms with van der Waals surface area (Å²) in [5, 5.41) is 5.98. The lowest BCUT2D eigenvalue weighted by Crippen LogP contribution is -2.38. The Morgan fingerprint density at radius 1 is 1.38 bits per heavy atom. The van der Waals surface area contributed by atoms with Gasteiger partial charge in [0.1, 0.15) is 10.7 Å². The van der Waals surface area contributed by atoms with Crippen molar-refractivity contribution in [1.29, 1.82) is 0 Å². The van der Waals surface area contributed by atoms with E-state index in [1.165, 1.54) is 43.4 Å². The van der Waals surface area contributed by atoms with Gasteiger partial charge in [0, 0.05) is 23.8 Å². The molecule has 1 saturated carbocycles. The van der Waals surface area contributed by atoms with E-state index in [1.807, 2.05) is 5.38 Å². The van der Waals surface area contributed by atoms with Crippen LogP contribution in [-0.2, 0) is 11.2 Å². The van der Waals surface area contributed by atoms with Crippen molar-refractivity contribution in [1.82, 2.24) is 20.3 Å². The van der Waals surface area contributed by atoms with Crippen molar-refractivity contribution < 1.29 is 4.79 Å². The predicted molar refractivity (Wildman–Crippen MR) is 95.6 cm³/mol. The van der Waals surface area contributed by atoms with E-state index in [1.54, 1.807) is 18.6 Å². The highest BCUT2D eigenvalue weighted by Gasteiger charge is 2.28. The van der Waals surface area contributed by atoms with Gasteiger partial charge in [0.15, 0.2) is 0 Å². The lowest BCUT2D eigenvalue weighted by molar-refractivity contribution is -0.121. The summed E-state index contributed by atoms with van der Waals surface area (Å²) in [5.74, 6) is 0.735. The number of carbonyl (C=O) groups is 1. The van der Waals surface area contributed by atoms with Crippen LogP contribution in [0.15, 0.2) is 24.0 Å². The maximum Gasteiger partial charge on any atom is 0.226 e. The fraction of sp³-hybridized carbons (Fsp3) is 0.556. The van der Waals surface area contributed by atoms with Gasteiger partial charge in [0.25, 0.3) is 0 Å². The highest BCUT2D eigenvalue weighted by Crippen LogP contribution is 2.30. The second kappa shape index (κ2) is 8.33. The number of amides is 1. The molecule has 2 atom stereocenters. The molecule has 1 aliphatic rings. The van der Waals surface area contributed by atoms with Gasteiger partial charge >= 0.3 is 0 Å². The molecule has 0 bridgehead atoms. The molecule has 3 rings (SSSR count). The first kappa shape index (κ1) is 17.0. The van der Waals surface area contributed by atoms with Crippen molar-refractivity contribution >= 4 is 17.2 Å². The maximum absolute atomic E-state index is 12.4. The minimum Gasteiger partial charge on any atom is -0.353 e. The average molecular weight is 344 g/mol. The molecule has 0 saturated heterocycles. The molecule has 0 spiro atoms. The summed E-state index contributed by atoms with van der Waals surface area (Å²) >= 11 is 1.51. The topological polar surface area (TPSA) is 67.8 Å². The second-order valence-electron chi connectivity index (χ2n) is 6.42. The zero-order valence-corrected chi connectivity index (χ0v) is 14.9. The molecule has 1 amide bonds. The van der Waals surface area contributed by atoms with Crippen LogP contribution in [0.5, 0.6) is 0 Å². The van der Waals surface area contributed by atoms with Crippen molar-refractivity contribution in [3.63, 3.8) is 0 Å². The van der Waals surface area contributed by atoms with Gasteiger partial charge in [-0.05, 0) is 25.2 Å². The van der Waals surface area contributed by atoms with Gasteiger partial charge in [-0.3, -0.25) is 14.8 Å². The predicted octanol–water partition coefficient (Wildman–Crippen LogP) is 3.62. The minimum atomic E-state index is 0.0828. The van der Waals surface area contributed by atoms with Crippen LogP contribution in [0.2, 0.25) is 0 Å². The Morgan fingerprint density at radius 2 is 2.29 bits per heavy atom. The van der Waals surface area contributed by atoms with Crippen LogP contribution in [0.1, 0.15) is 51.1 Å². The van der Waals surface area contributed by atoms with Crippen LogP contribution in [0.4, 0.5) is 0 Å². The Hall–Kier alpha value is -1.82. The highest BCUT2D eigenvalue weighted by atomic mass is 32.1. The average Bonchev–Trinajstić information content (AvgIpc) is 3.23. The number of hydrogen-bond acceptors (Lipinski definition) is 5. The van der Waals surface area contributed by atoms with E-state index in [-0.39, 0.29) is 5.91 Å². The molecule has 5 nitrogen and oxygen atoms in total. The summed E-state index contributed by atoms with van der Waals surface area (Å²) in [6, 6.07) is 0.349. The zero-order valence-electron chi connectivity index (χ0n) is 14.1. The van der Waals surface area contributed by atoms with Crippen molar-refractivity contribution in [2.45, 2.75) is 57.9 Å². The molecule has 0 aromatic carbocycles. The van der Waals surface area contributed by atoms with Gasteiger partial charge < -0.3 is 5.32 Å². The molecule has 0 aliphatic heterocycles. The molecule has 0 radical (unpaired) electrons. The first-order chi connectivity index (χ1) is 11.8. The largest absolute Gasteiger partial charge is 0.353 e. The number of nitrogens with one attached hydrogen (secondary N) is 1. The summed E-state index contributed by atoms with van der Waals surface area (Å²) in [6.45, 7) is 2.22. The standard InChI is InChI=1S/C18H24N4OS/c1-2-3-5-13-6-4-7-15(13)22-17(23)10-14-12-24-18(21-14)16-11-19-8-9-20-16/h8-9,11-13,15H,2-7,10H2,1H3,(H,22,23)/t13-,15-/m1/s1. The molecule has 2 heterocycles. The molecule has 1 fully saturated rings. The third-order valence-electron chi connectivity index (χ3n) is 4.61.